The fourth-order valence-electron chi connectivity index (χ4n) is 1.93. The van der Waals surface area contributed by atoms with E-state index in [9.17, 15) is 4.79 Å². The molecule has 5 heteroatoms. The Morgan fingerprint density at radius 3 is 3.07 bits per heavy atom. The number of hydrogen-bond acceptors (Lipinski definition) is 3. The van der Waals surface area contributed by atoms with Crippen LogP contribution in [0.15, 0.2) is 12.1 Å². The first-order valence-electron chi connectivity index (χ1n) is 4.88. The fraction of sp³-hybridized carbons (Fsp3) is 0.500. The van der Waals surface area contributed by atoms with Gasteiger partial charge in [0.25, 0.3) is 0 Å². The van der Waals surface area contributed by atoms with Gasteiger partial charge in [-0.25, -0.2) is 0 Å². The Hall–Kier alpha value is -0.580. The molecule has 1 aromatic rings. The van der Waals surface area contributed by atoms with Crippen LogP contribution in [0.2, 0.25) is 4.34 Å². The lowest BCUT2D eigenvalue weighted by atomic mass is 10.2. The van der Waals surface area contributed by atoms with Crippen LogP contribution in [-0.4, -0.2) is 28.6 Å². The van der Waals surface area contributed by atoms with Crippen molar-refractivity contribution in [1.82, 2.24) is 4.90 Å². The Labute approximate surface area is 97.3 Å². The highest BCUT2D eigenvalue weighted by Gasteiger charge is 2.30. The quantitative estimate of drug-likeness (QED) is 0.889. The van der Waals surface area contributed by atoms with Crippen molar-refractivity contribution >= 4 is 28.9 Å². The maximum Gasteiger partial charge on any atom is 0.320 e. The summed E-state index contributed by atoms with van der Waals surface area (Å²) in [4.78, 5) is 14.1. The Kier molecular flexibility index (Phi) is 3.29. The Morgan fingerprint density at radius 2 is 2.47 bits per heavy atom. The van der Waals surface area contributed by atoms with Gasteiger partial charge in [-0.15, -0.1) is 11.3 Å². The maximum absolute atomic E-state index is 10.9. The van der Waals surface area contributed by atoms with Gasteiger partial charge in [0.2, 0.25) is 0 Å². The number of aliphatic carboxylic acids is 1. The molecule has 0 radical (unpaired) electrons. The zero-order valence-corrected chi connectivity index (χ0v) is 9.72. The molecule has 2 rings (SSSR count). The van der Waals surface area contributed by atoms with Crippen LogP contribution < -0.4 is 0 Å². The summed E-state index contributed by atoms with van der Waals surface area (Å²) in [5.41, 5.74) is 0. The van der Waals surface area contributed by atoms with Crippen molar-refractivity contribution in [3.05, 3.63) is 21.3 Å². The van der Waals surface area contributed by atoms with E-state index in [1.807, 2.05) is 17.0 Å². The third-order valence-electron chi connectivity index (χ3n) is 2.64. The molecule has 0 aromatic carbocycles. The van der Waals surface area contributed by atoms with E-state index < -0.39 is 5.97 Å². The monoisotopic (exact) mass is 245 g/mol. The van der Waals surface area contributed by atoms with Gasteiger partial charge in [0.05, 0.1) is 4.34 Å². The molecule has 1 aromatic heterocycles. The van der Waals surface area contributed by atoms with Crippen molar-refractivity contribution < 1.29 is 9.90 Å². The average molecular weight is 246 g/mol. The van der Waals surface area contributed by atoms with E-state index in [1.54, 1.807) is 0 Å². The molecule has 0 spiro atoms. The minimum Gasteiger partial charge on any atom is -0.480 e. The summed E-state index contributed by atoms with van der Waals surface area (Å²) in [6.07, 6.45) is 1.73. The van der Waals surface area contributed by atoms with Crippen LogP contribution in [0, 0.1) is 0 Å². The lowest BCUT2D eigenvalue weighted by molar-refractivity contribution is -0.142. The van der Waals surface area contributed by atoms with Gasteiger partial charge >= 0.3 is 5.97 Å². The highest BCUT2D eigenvalue weighted by molar-refractivity contribution is 7.16. The largest absolute Gasteiger partial charge is 0.480 e. The summed E-state index contributed by atoms with van der Waals surface area (Å²) < 4.78 is 0.760. The van der Waals surface area contributed by atoms with E-state index >= 15 is 0 Å². The Balaban J connectivity index is 2.02. The maximum atomic E-state index is 10.9. The molecule has 0 amide bonds. The van der Waals surface area contributed by atoms with Crippen LogP contribution in [0.5, 0.6) is 0 Å². The van der Waals surface area contributed by atoms with E-state index in [1.165, 1.54) is 11.3 Å². The lowest BCUT2D eigenvalue weighted by Crippen LogP contribution is -2.35. The molecule has 2 heterocycles. The van der Waals surface area contributed by atoms with Gasteiger partial charge in [-0.2, -0.15) is 0 Å². The summed E-state index contributed by atoms with van der Waals surface area (Å²) in [5, 5.41) is 9.00. The smallest absolute Gasteiger partial charge is 0.320 e. The van der Waals surface area contributed by atoms with Crippen LogP contribution in [0.4, 0.5) is 0 Å². The first-order valence-corrected chi connectivity index (χ1v) is 6.07. The van der Waals surface area contributed by atoms with Crippen LogP contribution in [0.25, 0.3) is 0 Å². The van der Waals surface area contributed by atoms with Gasteiger partial charge in [0.1, 0.15) is 6.04 Å². The number of nitrogens with zero attached hydrogens (tertiary/aromatic N) is 1. The van der Waals surface area contributed by atoms with Crippen molar-refractivity contribution in [2.45, 2.75) is 25.4 Å². The summed E-state index contributed by atoms with van der Waals surface area (Å²) in [6.45, 7) is 1.57. The van der Waals surface area contributed by atoms with E-state index in [-0.39, 0.29) is 6.04 Å². The highest BCUT2D eigenvalue weighted by Crippen LogP contribution is 2.26. The molecule has 82 valence electrons. The summed E-state index contributed by atoms with van der Waals surface area (Å²) in [5.74, 6) is -0.713. The first-order chi connectivity index (χ1) is 7.16. The normalized spacial score (nSPS) is 22.1. The third-order valence-corrected chi connectivity index (χ3v) is 3.85. The molecule has 1 N–H and O–H groups in total. The zero-order valence-electron chi connectivity index (χ0n) is 8.15. The highest BCUT2D eigenvalue weighted by atomic mass is 35.5. The van der Waals surface area contributed by atoms with Crippen LogP contribution in [0.3, 0.4) is 0 Å². The van der Waals surface area contributed by atoms with Crippen LogP contribution >= 0.6 is 22.9 Å². The molecular formula is C10H12ClNO2S. The number of likely N-dealkylation sites (tertiary alicyclic amines) is 1. The molecule has 0 unspecified atom stereocenters. The molecule has 1 fully saturated rings. The molecule has 0 bridgehead atoms. The molecule has 1 atom stereocenters. The number of rotatable bonds is 3. The van der Waals surface area contributed by atoms with Crippen LogP contribution in [0.1, 0.15) is 17.7 Å². The molecule has 0 saturated carbocycles. The molecule has 1 saturated heterocycles. The zero-order chi connectivity index (χ0) is 10.8. The molecule has 1 aliphatic rings. The number of carbonyl (C=O) groups is 1. The second kappa shape index (κ2) is 4.51. The summed E-state index contributed by atoms with van der Waals surface area (Å²) >= 11 is 7.35. The predicted molar refractivity (Wildman–Crippen MR) is 60.4 cm³/mol. The first kappa shape index (κ1) is 10.9. The van der Waals surface area contributed by atoms with Gasteiger partial charge in [0.15, 0.2) is 0 Å². The third kappa shape index (κ3) is 2.51. The van der Waals surface area contributed by atoms with E-state index in [0.29, 0.717) is 6.54 Å². The Morgan fingerprint density at radius 1 is 1.67 bits per heavy atom. The Bertz CT molecular complexity index is 366. The minimum atomic E-state index is -0.713. The van der Waals surface area contributed by atoms with E-state index in [2.05, 4.69) is 0 Å². The SMILES string of the molecule is O=C(O)[C@H]1CCCN1Cc1ccc(Cl)s1. The van der Waals surface area contributed by atoms with Gasteiger partial charge < -0.3 is 5.11 Å². The lowest BCUT2D eigenvalue weighted by Gasteiger charge is -2.19. The van der Waals surface area contributed by atoms with Crippen molar-refractivity contribution in [1.29, 1.82) is 0 Å². The van der Waals surface area contributed by atoms with Gasteiger partial charge in [0, 0.05) is 11.4 Å². The second-order valence-corrected chi connectivity index (χ2v) is 5.47. The van der Waals surface area contributed by atoms with E-state index in [4.69, 9.17) is 16.7 Å². The number of carboxylic acid groups (broad SMARTS) is 1. The summed E-state index contributed by atoms with van der Waals surface area (Å²) in [7, 11) is 0. The number of carboxylic acids is 1. The molecule has 3 nitrogen and oxygen atoms in total. The molecule has 15 heavy (non-hydrogen) atoms. The van der Waals surface area contributed by atoms with Crippen molar-refractivity contribution in [2.75, 3.05) is 6.54 Å². The second-order valence-electron chi connectivity index (χ2n) is 3.67. The van der Waals surface area contributed by atoms with Crippen molar-refractivity contribution in [3.8, 4) is 0 Å². The van der Waals surface area contributed by atoms with Gasteiger partial charge in [-0.1, -0.05) is 11.6 Å². The number of hydrogen-bond donors (Lipinski definition) is 1. The molecule has 1 aliphatic heterocycles. The van der Waals surface area contributed by atoms with Gasteiger partial charge in [-0.05, 0) is 31.5 Å². The fourth-order valence-corrected chi connectivity index (χ4v) is 3.05. The van der Waals surface area contributed by atoms with Gasteiger partial charge in [-0.3, -0.25) is 9.69 Å². The van der Waals surface area contributed by atoms with E-state index in [0.717, 1.165) is 28.6 Å². The minimum absolute atomic E-state index is 0.314. The average Bonchev–Trinajstić information content (AvgIpc) is 2.75. The van der Waals surface area contributed by atoms with Crippen molar-refractivity contribution in [3.63, 3.8) is 0 Å². The number of halogens is 1. The predicted octanol–water partition coefficient (Wildman–Crippen LogP) is 2.45. The standard InChI is InChI=1S/C10H12ClNO2S/c11-9-4-3-7(15-9)6-12-5-1-2-8(12)10(13)14/h3-4,8H,1-2,5-6H2,(H,13,14)/t8-/m1/s1. The summed E-state index contributed by atoms with van der Waals surface area (Å²) in [6, 6.07) is 3.50. The molecular weight excluding hydrogens is 234 g/mol. The van der Waals surface area contributed by atoms with Crippen molar-refractivity contribution in [2.24, 2.45) is 0 Å². The topological polar surface area (TPSA) is 40.5 Å². The number of thiophene rings is 1. The van der Waals surface area contributed by atoms with Crippen LogP contribution in [-0.2, 0) is 11.3 Å². The molecule has 0 aliphatic carbocycles.